The zero-order valence-corrected chi connectivity index (χ0v) is 20.6. The third-order valence-electron chi connectivity index (χ3n) is 5.87. The van der Waals surface area contributed by atoms with E-state index in [2.05, 4.69) is 26.3 Å². The van der Waals surface area contributed by atoms with Crippen LogP contribution < -0.4 is 10.2 Å². The molecule has 8 heteroatoms. The molecule has 0 aliphatic carbocycles. The molecule has 0 atom stereocenters. The molecule has 0 bridgehead atoms. The number of carbonyl (C=O) groups is 3. The van der Waals surface area contributed by atoms with E-state index >= 15 is 0 Å². The Bertz CT molecular complexity index is 1370. The molecule has 1 aromatic heterocycles. The zero-order chi connectivity index (χ0) is 24.0. The van der Waals surface area contributed by atoms with Crippen molar-refractivity contribution in [2.24, 2.45) is 0 Å². The van der Waals surface area contributed by atoms with Gasteiger partial charge < -0.3 is 0 Å². The number of aryl methyl sites for hydroxylation is 4. The molecule has 0 radical (unpaired) electrons. The number of carbonyl (C=O) groups excluding carboxylic acids is 3. The Morgan fingerprint density at radius 2 is 1.55 bits per heavy atom. The molecule has 0 unspecified atom stereocenters. The monoisotopic (exact) mass is 506 g/mol. The second-order valence-corrected chi connectivity index (χ2v) is 9.01. The van der Waals surface area contributed by atoms with Gasteiger partial charge in [0, 0.05) is 15.7 Å². The highest BCUT2D eigenvalue weighted by Gasteiger charge is 2.37. The van der Waals surface area contributed by atoms with Crippen LogP contribution in [0.25, 0.3) is 11.8 Å². The fourth-order valence-electron chi connectivity index (χ4n) is 3.78. The molecule has 4 rings (SSSR count). The van der Waals surface area contributed by atoms with Gasteiger partial charge in [-0.1, -0.05) is 22.0 Å². The number of aromatic nitrogens is 2. The molecule has 1 fully saturated rings. The number of hydrogen-bond donors (Lipinski definition) is 1. The highest BCUT2D eigenvalue weighted by molar-refractivity contribution is 9.10. The van der Waals surface area contributed by atoms with Crippen LogP contribution in [0, 0.1) is 34.6 Å². The Balaban J connectivity index is 1.78. The van der Waals surface area contributed by atoms with Crippen LogP contribution in [0.3, 0.4) is 0 Å². The van der Waals surface area contributed by atoms with Crippen LogP contribution in [0.1, 0.15) is 33.6 Å². The number of halogens is 1. The Morgan fingerprint density at radius 1 is 0.879 bits per heavy atom. The summed E-state index contributed by atoms with van der Waals surface area (Å²) in [5.41, 5.74) is 6.45. The van der Waals surface area contributed by atoms with E-state index in [1.165, 1.54) is 11.6 Å². The van der Waals surface area contributed by atoms with Gasteiger partial charge in [-0.25, -0.2) is 14.4 Å². The Labute approximate surface area is 200 Å². The predicted molar refractivity (Wildman–Crippen MR) is 130 cm³/mol. The third-order valence-corrected chi connectivity index (χ3v) is 6.76. The molecule has 0 saturated carbocycles. The number of amides is 4. The quantitative estimate of drug-likeness (QED) is 0.406. The van der Waals surface area contributed by atoms with Crippen LogP contribution in [0.2, 0.25) is 0 Å². The molecule has 1 N–H and O–H groups in total. The van der Waals surface area contributed by atoms with Gasteiger partial charge in [-0.3, -0.25) is 14.9 Å². The molecule has 2 heterocycles. The van der Waals surface area contributed by atoms with Gasteiger partial charge in [0.2, 0.25) is 0 Å². The summed E-state index contributed by atoms with van der Waals surface area (Å²) in [4.78, 5) is 39.4. The standard InChI is InChI=1S/C25H23BrN4O3/c1-13-6-7-19(10-14(13)2)30-17(5)20(16(4)28-30)12-21-23(31)27-25(33)29(24(21)32)18-8-9-22(26)15(3)11-18/h6-12H,1-5H3,(H,27,31,33)/b21-12+. The number of imide groups is 2. The van der Waals surface area contributed by atoms with Gasteiger partial charge in [0.25, 0.3) is 11.8 Å². The van der Waals surface area contributed by atoms with Crippen LogP contribution in [0.5, 0.6) is 0 Å². The van der Waals surface area contributed by atoms with Gasteiger partial charge >= 0.3 is 6.03 Å². The second kappa shape index (κ2) is 8.44. The van der Waals surface area contributed by atoms with Crippen LogP contribution in [-0.4, -0.2) is 27.6 Å². The lowest BCUT2D eigenvalue weighted by molar-refractivity contribution is -0.122. The lowest BCUT2D eigenvalue weighted by Crippen LogP contribution is -2.54. The molecule has 3 aromatic rings. The molecule has 1 aliphatic rings. The van der Waals surface area contributed by atoms with Crippen molar-refractivity contribution in [2.45, 2.75) is 34.6 Å². The third kappa shape index (κ3) is 4.02. The van der Waals surface area contributed by atoms with E-state index < -0.39 is 17.8 Å². The number of barbiturate groups is 1. The number of hydrogen-bond acceptors (Lipinski definition) is 4. The number of urea groups is 1. The first-order valence-corrected chi connectivity index (χ1v) is 11.2. The predicted octanol–water partition coefficient (Wildman–Crippen LogP) is 4.84. The van der Waals surface area contributed by atoms with Crippen molar-refractivity contribution in [1.29, 1.82) is 0 Å². The van der Waals surface area contributed by atoms with Crippen molar-refractivity contribution in [2.75, 3.05) is 4.90 Å². The molecule has 1 saturated heterocycles. The molecule has 1 aliphatic heterocycles. The van der Waals surface area contributed by atoms with Gasteiger partial charge in [0.05, 0.1) is 17.1 Å². The summed E-state index contributed by atoms with van der Waals surface area (Å²) in [6, 6.07) is 10.4. The van der Waals surface area contributed by atoms with Crippen molar-refractivity contribution in [3.05, 3.63) is 80.1 Å². The number of nitrogens with one attached hydrogen (secondary N) is 1. The first kappa shape index (κ1) is 22.7. The van der Waals surface area contributed by atoms with Crippen molar-refractivity contribution in [3.63, 3.8) is 0 Å². The molecule has 0 spiro atoms. The van der Waals surface area contributed by atoms with Crippen LogP contribution >= 0.6 is 15.9 Å². The van der Waals surface area contributed by atoms with E-state index in [0.717, 1.165) is 31.9 Å². The normalized spacial score (nSPS) is 15.4. The maximum Gasteiger partial charge on any atom is 0.335 e. The Kier molecular flexibility index (Phi) is 5.80. The zero-order valence-electron chi connectivity index (χ0n) is 19.0. The maximum atomic E-state index is 13.3. The molecular weight excluding hydrogens is 484 g/mol. The highest BCUT2D eigenvalue weighted by atomic mass is 79.9. The van der Waals surface area contributed by atoms with Gasteiger partial charge in [-0.15, -0.1) is 0 Å². The minimum atomic E-state index is -0.775. The van der Waals surface area contributed by atoms with E-state index in [-0.39, 0.29) is 5.57 Å². The molecular formula is C25H23BrN4O3. The average molecular weight is 507 g/mol. The fraction of sp³-hybridized carbons (Fsp3) is 0.200. The summed E-state index contributed by atoms with van der Waals surface area (Å²) in [6.07, 6.45) is 1.51. The summed E-state index contributed by atoms with van der Waals surface area (Å²) in [5.74, 6) is -1.41. The fourth-order valence-corrected chi connectivity index (χ4v) is 4.02. The maximum absolute atomic E-state index is 13.3. The lowest BCUT2D eigenvalue weighted by Gasteiger charge is -2.26. The van der Waals surface area contributed by atoms with Crippen LogP contribution in [0.15, 0.2) is 46.4 Å². The Morgan fingerprint density at radius 3 is 2.21 bits per heavy atom. The number of benzene rings is 2. The van der Waals surface area contributed by atoms with Crippen molar-refractivity contribution < 1.29 is 14.4 Å². The first-order valence-electron chi connectivity index (χ1n) is 10.4. The van der Waals surface area contributed by atoms with Gasteiger partial charge in [0.1, 0.15) is 5.57 Å². The molecule has 168 valence electrons. The van der Waals surface area contributed by atoms with Gasteiger partial charge in [-0.2, -0.15) is 5.10 Å². The van der Waals surface area contributed by atoms with Gasteiger partial charge in [-0.05, 0) is 87.7 Å². The lowest BCUT2D eigenvalue weighted by atomic mass is 10.0. The summed E-state index contributed by atoms with van der Waals surface area (Å²) in [7, 11) is 0. The summed E-state index contributed by atoms with van der Waals surface area (Å²) in [6.45, 7) is 9.64. The Hall–Kier alpha value is -3.52. The van der Waals surface area contributed by atoms with Crippen molar-refractivity contribution >= 4 is 45.5 Å². The minimum absolute atomic E-state index is 0.124. The van der Waals surface area contributed by atoms with Crippen molar-refractivity contribution in [1.82, 2.24) is 15.1 Å². The van der Waals surface area contributed by atoms with E-state index in [0.29, 0.717) is 16.9 Å². The molecule has 7 nitrogen and oxygen atoms in total. The van der Waals surface area contributed by atoms with E-state index in [1.54, 1.807) is 22.9 Å². The topological polar surface area (TPSA) is 84.3 Å². The van der Waals surface area contributed by atoms with E-state index in [9.17, 15) is 14.4 Å². The number of anilines is 1. The number of nitrogens with zero attached hydrogens (tertiary/aromatic N) is 3. The summed E-state index contributed by atoms with van der Waals surface area (Å²) < 4.78 is 2.65. The van der Waals surface area contributed by atoms with Gasteiger partial charge in [0.15, 0.2) is 0 Å². The van der Waals surface area contributed by atoms with Crippen LogP contribution in [-0.2, 0) is 9.59 Å². The smallest absolute Gasteiger partial charge is 0.273 e. The largest absolute Gasteiger partial charge is 0.335 e. The van der Waals surface area contributed by atoms with E-state index in [1.807, 2.05) is 52.8 Å². The number of rotatable bonds is 3. The van der Waals surface area contributed by atoms with Crippen molar-refractivity contribution in [3.8, 4) is 5.69 Å². The van der Waals surface area contributed by atoms with Crippen LogP contribution in [0.4, 0.5) is 10.5 Å². The summed E-state index contributed by atoms with van der Waals surface area (Å²) in [5, 5.41) is 6.90. The SMILES string of the molecule is Cc1ccc(-n2nc(C)c(/C=C3\C(=O)NC(=O)N(c4ccc(Br)c(C)c4)C3=O)c2C)cc1C. The highest BCUT2D eigenvalue weighted by Crippen LogP contribution is 2.28. The average Bonchev–Trinajstić information content (AvgIpc) is 3.03. The second-order valence-electron chi connectivity index (χ2n) is 8.16. The molecule has 4 amide bonds. The summed E-state index contributed by atoms with van der Waals surface area (Å²) >= 11 is 3.42. The van der Waals surface area contributed by atoms with E-state index in [4.69, 9.17) is 0 Å². The minimum Gasteiger partial charge on any atom is -0.273 e. The molecule has 2 aromatic carbocycles. The first-order chi connectivity index (χ1) is 15.6. The molecule has 33 heavy (non-hydrogen) atoms.